The number of esters is 1. The molecule has 0 unspecified atom stereocenters. The first kappa shape index (κ1) is 17.7. The molecule has 0 aliphatic heterocycles. The third-order valence-electron chi connectivity index (χ3n) is 3.66. The number of Topliss-reactive ketones (excluding diaryl/α,β-unsaturated/α-hetero) is 1. The normalized spacial score (nSPS) is 12.0. The number of aryl methyl sites for hydroxylation is 1. The summed E-state index contributed by atoms with van der Waals surface area (Å²) in [5.74, 6) is -1.67. The molecule has 8 nitrogen and oxygen atoms in total. The number of thiophene rings is 1. The number of ether oxygens (including phenoxy) is 1. The highest BCUT2D eigenvalue weighted by Crippen LogP contribution is 2.18. The summed E-state index contributed by atoms with van der Waals surface area (Å²) in [7, 11) is 2.59. The number of rotatable bonds is 4. The Morgan fingerprint density at radius 2 is 1.88 bits per heavy atom. The summed E-state index contributed by atoms with van der Waals surface area (Å²) in [5.41, 5.74) is 4.63. The van der Waals surface area contributed by atoms with Crippen LogP contribution >= 0.6 is 11.3 Å². The van der Waals surface area contributed by atoms with Gasteiger partial charge in [0.25, 0.3) is 5.56 Å². The lowest BCUT2D eigenvalue weighted by atomic mass is 10.1. The van der Waals surface area contributed by atoms with Gasteiger partial charge in [-0.3, -0.25) is 18.7 Å². The molecular formula is C15H17N3O5S. The first-order valence-corrected chi connectivity index (χ1v) is 7.89. The van der Waals surface area contributed by atoms with E-state index in [0.29, 0.717) is 4.88 Å². The highest BCUT2D eigenvalue weighted by molar-refractivity contribution is 7.12. The molecule has 1 atom stereocenters. The zero-order valence-electron chi connectivity index (χ0n) is 13.7. The number of hydrogen-bond donors (Lipinski definition) is 1. The summed E-state index contributed by atoms with van der Waals surface area (Å²) < 4.78 is 6.91. The number of anilines is 1. The number of nitrogen functional groups attached to an aromatic ring is 1. The van der Waals surface area contributed by atoms with E-state index in [4.69, 9.17) is 10.5 Å². The van der Waals surface area contributed by atoms with Crippen LogP contribution in [0.3, 0.4) is 0 Å². The van der Waals surface area contributed by atoms with Crippen molar-refractivity contribution < 1.29 is 14.3 Å². The smallest absolute Gasteiger partial charge is 0.349 e. The fourth-order valence-corrected chi connectivity index (χ4v) is 2.95. The van der Waals surface area contributed by atoms with Crippen LogP contribution in [0.25, 0.3) is 0 Å². The molecule has 0 radical (unpaired) electrons. The van der Waals surface area contributed by atoms with E-state index in [-0.39, 0.29) is 11.4 Å². The number of hydrogen-bond acceptors (Lipinski definition) is 7. The Kier molecular flexibility index (Phi) is 4.74. The van der Waals surface area contributed by atoms with E-state index in [2.05, 4.69) is 0 Å². The third-order valence-corrected chi connectivity index (χ3v) is 4.65. The lowest BCUT2D eigenvalue weighted by molar-refractivity contribution is 0.0322. The summed E-state index contributed by atoms with van der Waals surface area (Å²) in [6.07, 6.45) is -1.22. The van der Waals surface area contributed by atoms with Crippen molar-refractivity contribution in [3.05, 3.63) is 48.3 Å². The van der Waals surface area contributed by atoms with Gasteiger partial charge in [-0.1, -0.05) is 0 Å². The molecule has 0 aromatic carbocycles. The standard InChI is InChI=1S/C15H17N3O5S/c1-7-5-6-24-11(7)14(21)23-8(2)10(19)9-12(16)17(3)15(22)18(4)13(9)20/h5-6,8H,16H2,1-4H3/t8-/m0/s1. The monoisotopic (exact) mass is 351 g/mol. The SMILES string of the molecule is Cc1ccsc1C(=O)O[C@@H](C)C(=O)c1c(N)n(C)c(=O)n(C)c1=O. The molecule has 0 aliphatic rings. The molecule has 2 rings (SSSR count). The lowest BCUT2D eigenvalue weighted by Gasteiger charge is -2.15. The molecule has 0 bridgehead atoms. The number of nitrogens with two attached hydrogens (primary N) is 1. The Labute approximate surface area is 141 Å². The van der Waals surface area contributed by atoms with Crippen molar-refractivity contribution in [1.82, 2.24) is 9.13 Å². The van der Waals surface area contributed by atoms with Crippen LogP contribution in [-0.4, -0.2) is 27.0 Å². The molecule has 0 amide bonds. The molecule has 2 N–H and O–H groups in total. The van der Waals surface area contributed by atoms with Crippen molar-refractivity contribution in [2.45, 2.75) is 20.0 Å². The van der Waals surface area contributed by atoms with Crippen LogP contribution in [0.5, 0.6) is 0 Å². The van der Waals surface area contributed by atoms with Crippen LogP contribution in [0.2, 0.25) is 0 Å². The molecule has 0 spiro atoms. The van der Waals surface area contributed by atoms with Crippen LogP contribution in [0.1, 0.15) is 32.5 Å². The second-order valence-electron chi connectivity index (χ2n) is 5.31. The fraction of sp³-hybridized carbons (Fsp3) is 0.333. The van der Waals surface area contributed by atoms with Crippen LogP contribution in [-0.2, 0) is 18.8 Å². The highest BCUT2D eigenvalue weighted by atomic mass is 32.1. The van der Waals surface area contributed by atoms with Crippen molar-refractivity contribution in [2.75, 3.05) is 5.73 Å². The lowest BCUT2D eigenvalue weighted by Crippen LogP contribution is -2.43. The van der Waals surface area contributed by atoms with Crippen LogP contribution < -0.4 is 17.0 Å². The van der Waals surface area contributed by atoms with Crippen molar-refractivity contribution >= 4 is 28.9 Å². The second kappa shape index (κ2) is 6.44. The van der Waals surface area contributed by atoms with E-state index in [0.717, 1.165) is 14.7 Å². The maximum Gasteiger partial charge on any atom is 0.349 e. The predicted octanol–water partition coefficient (Wildman–Crippen LogP) is 0.464. The maximum atomic E-state index is 12.5. The first-order chi connectivity index (χ1) is 11.2. The number of ketones is 1. The van der Waals surface area contributed by atoms with E-state index in [1.54, 1.807) is 18.4 Å². The second-order valence-corrected chi connectivity index (χ2v) is 6.23. The van der Waals surface area contributed by atoms with E-state index in [1.165, 1.54) is 32.4 Å². The molecule has 0 aliphatic carbocycles. The summed E-state index contributed by atoms with van der Waals surface area (Å²) in [5, 5.41) is 1.74. The van der Waals surface area contributed by atoms with Gasteiger partial charge >= 0.3 is 11.7 Å². The number of carbonyl (C=O) groups is 2. The quantitative estimate of drug-likeness (QED) is 0.632. The van der Waals surface area contributed by atoms with E-state index in [1.807, 2.05) is 0 Å². The highest BCUT2D eigenvalue weighted by Gasteiger charge is 2.28. The van der Waals surface area contributed by atoms with Gasteiger partial charge in [-0.05, 0) is 30.9 Å². The average Bonchev–Trinajstić information content (AvgIpc) is 2.97. The minimum absolute atomic E-state index is 0.261. The van der Waals surface area contributed by atoms with Crippen LogP contribution in [0.15, 0.2) is 21.0 Å². The zero-order valence-corrected chi connectivity index (χ0v) is 14.5. The topological polar surface area (TPSA) is 113 Å². The molecular weight excluding hydrogens is 334 g/mol. The zero-order chi connectivity index (χ0) is 18.2. The predicted molar refractivity (Wildman–Crippen MR) is 89.6 cm³/mol. The van der Waals surface area contributed by atoms with Crippen molar-refractivity contribution in [1.29, 1.82) is 0 Å². The van der Waals surface area contributed by atoms with Gasteiger partial charge in [-0.15, -0.1) is 11.3 Å². The molecule has 0 saturated carbocycles. The summed E-state index contributed by atoms with van der Waals surface area (Å²) in [4.78, 5) is 49.0. The van der Waals surface area contributed by atoms with Gasteiger partial charge in [0.15, 0.2) is 6.10 Å². The van der Waals surface area contributed by atoms with E-state index in [9.17, 15) is 19.2 Å². The molecule has 9 heteroatoms. The summed E-state index contributed by atoms with van der Waals surface area (Å²) in [6, 6.07) is 1.76. The fourth-order valence-electron chi connectivity index (χ4n) is 2.14. The van der Waals surface area contributed by atoms with Gasteiger partial charge in [-0.25, -0.2) is 9.59 Å². The van der Waals surface area contributed by atoms with Gasteiger partial charge in [0.1, 0.15) is 16.3 Å². The summed E-state index contributed by atoms with van der Waals surface area (Å²) in [6.45, 7) is 3.10. The van der Waals surface area contributed by atoms with Gasteiger partial charge in [0.05, 0.1) is 0 Å². The van der Waals surface area contributed by atoms with E-state index >= 15 is 0 Å². The Bertz CT molecular complexity index is 938. The minimum Gasteiger partial charge on any atom is -0.450 e. The van der Waals surface area contributed by atoms with Crippen LogP contribution in [0, 0.1) is 6.92 Å². The van der Waals surface area contributed by atoms with Crippen molar-refractivity contribution in [3.8, 4) is 0 Å². The average molecular weight is 351 g/mol. The first-order valence-electron chi connectivity index (χ1n) is 7.01. The molecule has 2 aromatic rings. The molecule has 2 heterocycles. The maximum absolute atomic E-state index is 12.5. The Balaban J connectivity index is 2.36. The molecule has 2 aromatic heterocycles. The van der Waals surface area contributed by atoms with Gasteiger partial charge in [0.2, 0.25) is 5.78 Å². The number of aromatic nitrogens is 2. The Hall–Kier alpha value is -2.68. The molecule has 128 valence electrons. The summed E-state index contributed by atoms with van der Waals surface area (Å²) >= 11 is 1.20. The molecule has 0 saturated heterocycles. The molecule has 0 fully saturated rings. The third kappa shape index (κ3) is 2.90. The van der Waals surface area contributed by atoms with Gasteiger partial charge in [0, 0.05) is 14.1 Å². The molecule has 24 heavy (non-hydrogen) atoms. The van der Waals surface area contributed by atoms with E-state index < -0.39 is 29.1 Å². The van der Waals surface area contributed by atoms with Crippen LogP contribution in [0.4, 0.5) is 5.82 Å². The minimum atomic E-state index is -1.22. The Morgan fingerprint density at radius 3 is 2.42 bits per heavy atom. The van der Waals surface area contributed by atoms with Gasteiger partial charge in [-0.2, -0.15) is 0 Å². The van der Waals surface area contributed by atoms with Crippen molar-refractivity contribution in [2.24, 2.45) is 14.1 Å². The van der Waals surface area contributed by atoms with Gasteiger partial charge < -0.3 is 10.5 Å². The van der Waals surface area contributed by atoms with Crippen molar-refractivity contribution in [3.63, 3.8) is 0 Å². The Morgan fingerprint density at radius 1 is 1.25 bits per heavy atom. The largest absolute Gasteiger partial charge is 0.450 e. The number of nitrogens with zero attached hydrogens (tertiary/aromatic N) is 2. The number of carbonyl (C=O) groups excluding carboxylic acids is 2.